The first-order valence-electron chi connectivity index (χ1n) is 12.7. The van der Waals surface area contributed by atoms with E-state index in [0.29, 0.717) is 31.6 Å². The summed E-state index contributed by atoms with van der Waals surface area (Å²) in [5.41, 5.74) is 2.28. The zero-order valence-corrected chi connectivity index (χ0v) is 21.9. The summed E-state index contributed by atoms with van der Waals surface area (Å²) in [4.78, 5) is 31.3. The maximum absolute atomic E-state index is 13.3. The first-order chi connectivity index (χ1) is 17.6. The molecule has 1 aliphatic heterocycles. The van der Waals surface area contributed by atoms with Gasteiger partial charge in [-0.1, -0.05) is 60.7 Å². The second-order valence-electron chi connectivity index (χ2n) is 10.3. The summed E-state index contributed by atoms with van der Waals surface area (Å²) in [5.74, 6) is -0.189. The minimum Gasteiger partial charge on any atom is -0.438 e. The molecule has 1 saturated heterocycles. The Bertz CT molecular complexity index is 1220. The molecule has 7 heteroatoms. The summed E-state index contributed by atoms with van der Waals surface area (Å²) in [5, 5.41) is 13.3. The Morgan fingerprint density at radius 3 is 2.35 bits per heavy atom. The average Bonchev–Trinajstić information content (AvgIpc) is 2.88. The molecule has 2 heterocycles. The lowest BCUT2D eigenvalue weighted by Gasteiger charge is -2.45. The summed E-state index contributed by atoms with van der Waals surface area (Å²) in [6.45, 7) is 8.41. The number of ether oxygens (including phenoxy) is 1. The second kappa shape index (κ2) is 10.7. The standard InChI is InChI=1S/C30H35N3O4/c1-5-31-27(34)26-16-15-24(19-32-26)23-13-11-22(12-14-23)21(2)33-18-17-30(37-28(33)35,20-29(3,4)36)25-9-7-6-8-10-25/h6-16,19,21,36H,5,17-18,20H2,1-4H3,(H,31,34). The van der Waals surface area contributed by atoms with E-state index in [1.54, 1.807) is 31.0 Å². The van der Waals surface area contributed by atoms with Crippen LogP contribution >= 0.6 is 0 Å². The summed E-state index contributed by atoms with van der Waals surface area (Å²) in [6, 6.07) is 21.1. The zero-order chi connectivity index (χ0) is 26.6. The molecule has 2 unspecified atom stereocenters. The van der Waals surface area contributed by atoms with E-state index in [1.165, 1.54) is 0 Å². The van der Waals surface area contributed by atoms with Crippen LogP contribution in [0.3, 0.4) is 0 Å². The summed E-state index contributed by atoms with van der Waals surface area (Å²) < 4.78 is 6.12. The lowest BCUT2D eigenvalue weighted by Crippen LogP contribution is -2.51. The van der Waals surface area contributed by atoms with Gasteiger partial charge in [-0.15, -0.1) is 0 Å². The molecule has 3 aromatic rings. The molecule has 4 rings (SSSR count). The van der Waals surface area contributed by atoms with E-state index in [1.807, 2.05) is 74.5 Å². The van der Waals surface area contributed by atoms with Gasteiger partial charge in [-0.05, 0) is 50.5 Å². The number of rotatable bonds is 8. The number of hydrogen-bond acceptors (Lipinski definition) is 5. The Morgan fingerprint density at radius 2 is 1.78 bits per heavy atom. The molecule has 0 aliphatic carbocycles. The number of aromatic nitrogens is 1. The third kappa shape index (κ3) is 6.00. The van der Waals surface area contributed by atoms with Crippen LogP contribution < -0.4 is 5.32 Å². The van der Waals surface area contributed by atoms with Crippen molar-refractivity contribution in [2.45, 2.75) is 57.8 Å². The van der Waals surface area contributed by atoms with Crippen molar-refractivity contribution in [1.29, 1.82) is 0 Å². The van der Waals surface area contributed by atoms with Crippen LogP contribution in [0.15, 0.2) is 72.9 Å². The number of benzene rings is 2. The Morgan fingerprint density at radius 1 is 1.11 bits per heavy atom. The predicted octanol–water partition coefficient (Wildman–Crippen LogP) is 5.46. The molecule has 2 atom stereocenters. The van der Waals surface area contributed by atoms with Gasteiger partial charge in [-0.25, -0.2) is 4.79 Å². The Hall–Kier alpha value is -3.71. The van der Waals surface area contributed by atoms with Crippen molar-refractivity contribution in [2.24, 2.45) is 0 Å². The van der Waals surface area contributed by atoms with Crippen LogP contribution in [0, 0.1) is 0 Å². The van der Waals surface area contributed by atoms with Crippen molar-refractivity contribution in [1.82, 2.24) is 15.2 Å². The van der Waals surface area contributed by atoms with Crippen molar-refractivity contribution < 1.29 is 19.4 Å². The highest BCUT2D eigenvalue weighted by molar-refractivity contribution is 5.92. The highest BCUT2D eigenvalue weighted by Crippen LogP contribution is 2.42. The van der Waals surface area contributed by atoms with Crippen LogP contribution in [0.1, 0.15) is 68.2 Å². The molecule has 194 valence electrons. The number of hydrogen-bond donors (Lipinski definition) is 2. The molecular formula is C30H35N3O4. The van der Waals surface area contributed by atoms with E-state index in [-0.39, 0.29) is 18.0 Å². The third-order valence-corrected chi connectivity index (χ3v) is 6.82. The van der Waals surface area contributed by atoms with Crippen molar-refractivity contribution in [3.05, 3.63) is 89.7 Å². The Labute approximate surface area is 218 Å². The number of carbonyl (C=O) groups is 2. The Kier molecular flexibility index (Phi) is 7.64. The number of nitrogens with zero attached hydrogens (tertiary/aromatic N) is 2. The first kappa shape index (κ1) is 26.4. The third-order valence-electron chi connectivity index (χ3n) is 6.82. The van der Waals surface area contributed by atoms with Gasteiger partial charge in [0.25, 0.3) is 5.91 Å². The first-order valence-corrected chi connectivity index (χ1v) is 12.7. The lowest BCUT2D eigenvalue weighted by molar-refractivity contribution is -0.101. The van der Waals surface area contributed by atoms with E-state index in [4.69, 9.17) is 4.74 Å². The molecule has 2 amide bonds. The number of nitrogens with one attached hydrogen (secondary N) is 1. The molecule has 1 fully saturated rings. The van der Waals surface area contributed by atoms with Crippen molar-refractivity contribution in [3.63, 3.8) is 0 Å². The number of cyclic esters (lactones) is 1. The van der Waals surface area contributed by atoms with E-state index < -0.39 is 11.2 Å². The summed E-state index contributed by atoms with van der Waals surface area (Å²) in [6.07, 6.45) is 2.20. The molecule has 0 bridgehead atoms. The maximum Gasteiger partial charge on any atom is 0.411 e. The molecule has 1 aromatic heterocycles. The van der Waals surface area contributed by atoms with E-state index in [2.05, 4.69) is 10.3 Å². The van der Waals surface area contributed by atoms with Gasteiger partial charge in [0.1, 0.15) is 11.3 Å². The fraction of sp³-hybridized carbons (Fsp3) is 0.367. The predicted molar refractivity (Wildman–Crippen MR) is 143 cm³/mol. The molecule has 37 heavy (non-hydrogen) atoms. The monoisotopic (exact) mass is 501 g/mol. The number of aliphatic hydroxyl groups is 1. The lowest BCUT2D eigenvalue weighted by atomic mass is 9.80. The fourth-order valence-electron chi connectivity index (χ4n) is 4.98. The van der Waals surface area contributed by atoms with Gasteiger partial charge in [0.2, 0.25) is 0 Å². The van der Waals surface area contributed by atoms with Crippen LogP contribution in [0.2, 0.25) is 0 Å². The van der Waals surface area contributed by atoms with Gasteiger partial charge in [0.05, 0.1) is 11.6 Å². The molecule has 0 saturated carbocycles. The van der Waals surface area contributed by atoms with Crippen LogP contribution in [0.5, 0.6) is 0 Å². The van der Waals surface area contributed by atoms with Gasteiger partial charge < -0.3 is 20.1 Å². The normalized spacial score (nSPS) is 18.7. The topological polar surface area (TPSA) is 91.8 Å². The smallest absolute Gasteiger partial charge is 0.411 e. The van der Waals surface area contributed by atoms with Crippen LogP contribution in [-0.4, -0.2) is 45.7 Å². The average molecular weight is 502 g/mol. The molecule has 1 aliphatic rings. The van der Waals surface area contributed by atoms with Gasteiger partial charge >= 0.3 is 6.09 Å². The van der Waals surface area contributed by atoms with E-state index in [9.17, 15) is 14.7 Å². The number of carbonyl (C=O) groups excluding carboxylic acids is 2. The van der Waals surface area contributed by atoms with Gasteiger partial charge in [-0.3, -0.25) is 9.78 Å². The molecule has 2 aromatic carbocycles. The molecule has 0 spiro atoms. The zero-order valence-electron chi connectivity index (χ0n) is 21.9. The van der Waals surface area contributed by atoms with Crippen LogP contribution in [-0.2, 0) is 10.3 Å². The molecule has 2 N–H and O–H groups in total. The molecule has 7 nitrogen and oxygen atoms in total. The van der Waals surface area contributed by atoms with Crippen molar-refractivity contribution in [2.75, 3.05) is 13.1 Å². The van der Waals surface area contributed by atoms with Gasteiger partial charge in [0.15, 0.2) is 0 Å². The summed E-state index contributed by atoms with van der Waals surface area (Å²) in [7, 11) is 0. The van der Waals surface area contributed by atoms with Gasteiger partial charge in [-0.2, -0.15) is 0 Å². The number of amides is 2. The largest absolute Gasteiger partial charge is 0.438 e. The van der Waals surface area contributed by atoms with Crippen molar-refractivity contribution in [3.8, 4) is 11.1 Å². The van der Waals surface area contributed by atoms with Crippen LogP contribution in [0.25, 0.3) is 11.1 Å². The second-order valence-corrected chi connectivity index (χ2v) is 10.3. The van der Waals surface area contributed by atoms with Gasteiger partial charge in [0, 0.05) is 37.7 Å². The van der Waals surface area contributed by atoms with E-state index in [0.717, 1.165) is 22.3 Å². The van der Waals surface area contributed by atoms with E-state index >= 15 is 0 Å². The van der Waals surface area contributed by atoms with Crippen molar-refractivity contribution >= 4 is 12.0 Å². The molecule has 0 radical (unpaired) electrons. The number of pyridine rings is 1. The summed E-state index contributed by atoms with van der Waals surface area (Å²) >= 11 is 0. The highest BCUT2D eigenvalue weighted by atomic mass is 16.6. The quantitative estimate of drug-likeness (QED) is 0.428. The minimum absolute atomic E-state index is 0.185. The maximum atomic E-state index is 13.3. The highest BCUT2D eigenvalue weighted by Gasteiger charge is 2.46. The van der Waals surface area contributed by atoms with Crippen LogP contribution in [0.4, 0.5) is 4.79 Å². The fourth-order valence-corrected chi connectivity index (χ4v) is 4.98. The molecular weight excluding hydrogens is 466 g/mol. The minimum atomic E-state index is -0.993. The SMILES string of the molecule is CCNC(=O)c1ccc(-c2ccc(C(C)N3CCC(CC(C)(C)O)(c4ccccc4)OC3=O)cc2)cn1. The Balaban J connectivity index is 1.48.